The van der Waals surface area contributed by atoms with Gasteiger partial charge >= 0.3 is 0 Å². The third-order valence-electron chi connectivity index (χ3n) is 5.59. The summed E-state index contributed by atoms with van der Waals surface area (Å²) >= 11 is 0. The second-order valence-corrected chi connectivity index (χ2v) is 7.61. The molecule has 4 N–H and O–H groups in total. The Hall–Kier alpha value is -3.65. The van der Waals surface area contributed by atoms with Crippen molar-refractivity contribution in [2.24, 2.45) is 16.0 Å². The van der Waals surface area contributed by atoms with E-state index in [1.54, 1.807) is 25.7 Å². The zero-order valence-electron chi connectivity index (χ0n) is 18.5. The molecule has 3 heterocycles. The summed E-state index contributed by atoms with van der Waals surface area (Å²) in [6, 6.07) is 8.08. The Balaban J connectivity index is 1.78. The predicted octanol–water partition coefficient (Wildman–Crippen LogP) is 2.74. The van der Waals surface area contributed by atoms with Gasteiger partial charge in [0, 0.05) is 35.6 Å². The molecule has 1 unspecified atom stereocenters. The number of hydrazone groups is 1. The van der Waals surface area contributed by atoms with E-state index in [0.717, 1.165) is 53.5 Å². The summed E-state index contributed by atoms with van der Waals surface area (Å²) in [5.41, 5.74) is 9.44. The molecular weight excluding hydrogens is 404 g/mol. The molecule has 0 bridgehead atoms. The number of aromatic amines is 1. The number of carbonyl (C=O) groups excluding carboxylic acids is 1. The lowest BCUT2D eigenvalue weighted by atomic mass is 9.95. The summed E-state index contributed by atoms with van der Waals surface area (Å²) < 4.78 is 5.34. The highest BCUT2D eigenvalue weighted by atomic mass is 16.5. The zero-order valence-corrected chi connectivity index (χ0v) is 18.5. The summed E-state index contributed by atoms with van der Waals surface area (Å²) in [4.78, 5) is 20.2. The normalized spacial score (nSPS) is 18.6. The number of nitrogens with one attached hydrogen (secondary N) is 4. The maximum Gasteiger partial charge on any atom is 0.254 e. The number of ether oxygens (including phenoxy) is 1. The Morgan fingerprint density at radius 2 is 2.06 bits per heavy atom. The number of amides is 1. The molecule has 0 saturated carbocycles. The monoisotopic (exact) mass is 432 g/mol. The topological polar surface area (TPSA) is 103 Å². The largest absolute Gasteiger partial charge is 0.497 e. The molecule has 4 rings (SSSR count). The number of hydrogen-bond acceptors (Lipinski definition) is 6. The number of hydrogen-bond donors (Lipinski definition) is 4. The molecule has 2 aliphatic rings. The summed E-state index contributed by atoms with van der Waals surface area (Å²) in [7, 11) is 1.67. The molecule has 8 heteroatoms. The Morgan fingerprint density at radius 1 is 1.25 bits per heavy atom. The van der Waals surface area contributed by atoms with Crippen LogP contribution in [0.3, 0.4) is 0 Å². The van der Waals surface area contributed by atoms with Crippen LogP contribution >= 0.6 is 0 Å². The van der Waals surface area contributed by atoms with Crippen molar-refractivity contribution in [3.05, 3.63) is 59.3 Å². The van der Waals surface area contributed by atoms with Crippen LogP contribution in [0.2, 0.25) is 0 Å². The molecule has 32 heavy (non-hydrogen) atoms. The Morgan fingerprint density at radius 3 is 2.75 bits per heavy atom. The van der Waals surface area contributed by atoms with E-state index < -0.39 is 5.92 Å². The van der Waals surface area contributed by atoms with E-state index in [2.05, 4.69) is 57.1 Å². The highest BCUT2D eigenvalue weighted by molar-refractivity contribution is 6.24. The van der Waals surface area contributed by atoms with Crippen molar-refractivity contribution in [3.8, 4) is 16.9 Å². The van der Waals surface area contributed by atoms with Gasteiger partial charge in [-0.1, -0.05) is 19.1 Å². The van der Waals surface area contributed by atoms with Gasteiger partial charge in [0.2, 0.25) is 0 Å². The van der Waals surface area contributed by atoms with Crippen LogP contribution in [0.1, 0.15) is 23.9 Å². The molecule has 2 aliphatic heterocycles. The number of aliphatic imine (C=N–C) groups is 1. The lowest BCUT2D eigenvalue weighted by molar-refractivity contribution is -0.120. The second kappa shape index (κ2) is 9.65. The van der Waals surface area contributed by atoms with Crippen LogP contribution in [0.15, 0.2) is 52.5 Å². The summed E-state index contributed by atoms with van der Waals surface area (Å²) in [5, 5.41) is 10.6. The van der Waals surface area contributed by atoms with Crippen LogP contribution in [0.4, 0.5) is 0 Å². The summed E-state index contributed by atoms with van der Waals surface area (Å²) in [6.07, 6.45) is 7.91. The minimum Gasteiger partial charge on any atom is -0.497 e. The van der Waals surface area contributed by atoms with E-state index in [1.807, 2.05) is 18.2 Å². The first kappa shape index (κ1) is 21.6. The molecule has 166 valence electrons. The van der Waals surface area contributed by atoms with Gasteiger partial charge in [0.25, 0.3) is 5.91 Å². The van der Waals surface area contributed by atoms with Crippen molar-refractivity contribution in [1.82, 2.24) is 21.0 Å². The number of likely N-dealkylation sites (N-methyl/N-ethyl adjacent to an activating group) is 1. The molecule has 1 atom stereocenters. The number of rotatable bonds is 8. The van der Waals surface area contributed by atoms with Gasteiger partial charge in [0.1, 0.15) is 11.7 Å². The number of allylic oxidation sites excluding steroid dienone is 1. The minimum atomic E-state index is -0.521. The van der Waals surface area contributed by atoms with Crippen molar-refractivity contribution in [2.75, 3.05) is 20.2 Å². The molecule has 0 spiro atoms. The molecule has 2 aromatic rings. The van der Waals surface area contributed by atoms with Crippen LogP contribution < -0.4 is 20.8 Å². The van der Waals surface area contributed by atoms with Gasteiger partial charge in [0.05, 0.1) is 18.5 Å². The average Bonchev–Trinajstić information content (AvgIpc) is 3.37. The number of methoxy groups -OCH3 is 1. The summed E-state index contributed by atoms with van der Waals surface area (Å²) in [6.45, 7) is 6.02. The quantitative estimate of drug-likeness (QED) is 0.482. The van der Waals surface area contributed by atoms with Crippen molar-refractivity contribution >= 4 is 23.9 Å². The van der Waals surface area contributed by atoms with E-state index in [9.17, 15) is 4.79 Å². The van der Waals surface area contributed by atoms with Crippen molar-refractivity contribution in [2.45, 2.75) is 20.3 Å². The highest BCUT2D eigenvalue weighted by Crippen LogP contribution is 2.33. The fourth-order valence-electron chi connectivity index (χ4n) is 3.99. The number of carbonyl (C=O) groups is 1. The van der Waals surface area contributed by atoms with Gasteiger partial charge in [-0.3, -0.25) is 9.79 Å². The molecule has 0 fully saturated rings. The fraction of sp³-hybridized carbons (Fsp3) is 0.292. The van der Waals surface area contributed by atoms with E-state index in [4.69, 9.17) is 4.74 Å². The maximum absolute atomic E-state index is 12.2. The number of aromatic nitrogens is 1. The first-order valence-electron chi connectivity index (χ1n) is 10.7. The number of nitrogens with zero attached hydrogens (tertiary/aromatic N) is 2. The van der Waals surface area contributed by atoms with Gasteiger partial charge in [-0.2, -0.15) is 5.10 Å². The molecule has 1 aromatic carbocycles. The average molecular weight is 433 g/mol. The number of H-pyrrole nitrogens is 1. The van der Waals surface area contributed by atoms with Crippen molar-refractivity contribution in [1.29, 1.82) is 0 Å². The standard InChI is InChI=1S/C24H28N6O2/c1-4-25-10-9-18-15(2)29-20(22(18)16-5-7-17(32-3)8-6-16)13-21-23(27-12-11-26-21)19-14-28-30-24(19)31/h5-8,11-14,19,25-26,29H,4,9-10H2,1-3H3,(H,30,31). The van der Waals surface area contributed by atoms with Crippen LogP contribution in [0.5, 0.6) is 5.75 Å². The molecule has 1 aromatic heterocycles. The van der Waals surface area contributed by atoms with Gasteiger partial charge < -0.3 is 20.4 Å². The van der Waals surface area contributed by atoms with Crippen LogP contribution in [0.25, 0.3) is 17.2 Å². The van der Waals surface area contributed by atoms with Crippen molar-refractivity contribution < 1.29 is 9.53 Å². The third-order valence-corrected chi connectivity index (χ3v) is 5.59. The number of benzene rings is 1. The molecule has 0 saturated heterocycles. The number of aryl methyl sites for hydroxylation is 1. The minimum absolute atomic E-state index is 0.184. The van der Waals surface area contributed by atoms with Gasteiger partial charge in [-0.05, 0) is 55.8 Å². The molecule has 1 amide bonds. The molecule has 8 nitrogen and oxygen atoms in total. The van der Waals surface area contributed by atoms with Crippen molar-refractivity contribution in [3.63, 3.8) is 0 Å². The molecular formula is C24H28N6O2. The predicted molar refractivity (Wildman–Crippen MR) is 128 cm³/mol. The van der Waals surface area contributed by atoms with E-state index in [-0.39, 0.29) is 5.91 Å². The third kappa shape index (κ3) is 4.36. The lowest BCUT2D eigenvalue weighted by Crippen LogP contribution is -2.32. The Bertz CT molecular complexity index is 1110. The Kier molecular flexibility index (Phi) is 6.51. The fourth-order valence-corrected chi connectivity index (χ4v) is 3.99. The highest BCUT2D eigenvalue weighted by Gasteiger charge is 2.30. The van der Waals surface area contributed by atoms with E-state index in [0.29, 0.717) is 5.71 Å². The lowest BCUT2D eigenvalue weighted by Gasteiger charge is -2.17. The van der Waals surface area contributed by atoms with Gasteiger partial charge in [-0.15, -0.1) is 0 Å². The molecule has 0 aliphatic carbocycles. The first-order chi connectivity index (χ1) is 15.6. The SMILES string of the molecule is CCNCCc1c(C)[nH]c(C=C2NC=CN=C2C2C=NNC2=O)c1-c1ccc(OC)cc1. The van der Waals surface area contributed by atoms with Crippen LogP contribution in [-0.2, 0) is 11.2 Å². The smallest absolute Gasteiger partial charge is 0.254 e. The maximum atomic E-state index is 12.2. The van der Waals surface area contributed by atoms with Crippen LogP contribution in [0, 0.1) is 12.8 Å². The van der Waals surface area contributed by atoms with Gasteiger partial charge in [0.15, 0.2) is 0 Å². The van der Waals surface area contributed by atoms with E-state index >= 15 is 0 Å². The zero-order chi connectivity index (χ0) is 22.5. The Labute approximate surface area is 187 Å². The molecule has 0 radical (unpaired) electrons. The second-order valence-electron chi connectivity index (χ2n) is 7.61. The van der Waals surface area contributed by atoms with E-state index in [1.165, 1.54) is 5.56 Å². The summed E-state index contributed by atoms with van der Waals surface area (Å²) in [5.74, 6) is 0.110. The van der Waals surface area contributed by atoms with Gasteiger partial charge in [-0.25, -0.2) is 5.43 Å². The van der Waals surface area contributed by atoms with Crippen LogP contribution in [-0.4, -0.2) is 43.0 Å². The first-order valence-corrected chi connectivity index (χ1v) is 10.7.